The molecular weight excluding hydrogens is 400 g/mol. The summed E-state index contributed by atoms with van der Waals surface area (Å²) < 4.78 is 33.6. The molecule has 0 bridgehead atoms. The molecule has 1 atom stereocenters. The van der Waals surface area contributed by atoms with Gasteiger partial charge in [-0.2, -0.15) is 0 Å². The Hall–Kier alpha value is -2.42. The molecule has 0 N–H and O–H groups in total. The lowest BCUT2D eigenvalue weighted by Gasteiger charge is -2.18. The van der Waals surface area contributed by atoms with E-state index in [4.69, 9.17) is 4.74 Å². The van der Waals surface area contributed by atoms with E-state index >= 15 is 0 Å². The molecule has 160 valence electrons. The summed E-state index contributed by atoms with van der Waals surface area (Å²) in [5, 5.41) is 0. The average Bonchev–Trinajstić information content (AvgIpc) is 3.37. The number of likely N-dealkylation sites (N-methyl/N-ethyl adjacent to an activating group) is 1. The molecular formula is C22H28N4O3S. The number of anilines is 1. The molecule has 1 aromatic carbocycles. The summed E-state index contributed by atoms with van der Waals surface area (Å²) in [6.07, 6.45) is 5.37. The Labute approximate surface area is 177 Å². The quantitative estimate of drug-likeness (QED) is 0.576. The molecule has 4 rings (SSSR count). The van der Waals surface area contributed by atoms with E-state index in [1.807, 2.05) is 32.3 Å². The van der Waals surface area contributed by atoms with Crippen molar-refractivity contribution >= 4 is 26.7 Å². The molecule has 3 heterocycles. The number of pyridine rings is 1. The van der Waals surface area contributed by atoms with Gasteiger partial charge in [0.05, 0.1) is 22.0 Å². The number of rotatable bonds is 7. The van der Waals surface area contributed by atoms with Crippen molar-refractivity contribution in [3.63, 3.8) is 0 Å². The van der Waals surface area contributed by atoms with Gasteiger partial charge in [-0.25, -0.2) is 12.4 Å². The molecule has 0 spiro atoms. The molecule has 1 fully saturated rings. The number of aromatic nitrogens is 2. The third-order valence-corrected chi connectivity index (χ3v) is 7.35. The third kappa shape index (κ3) is 3.95. The van der Waals surface area contributed by atoms with E-state index in [1.54, 1.807) is 37.7 Å². The van der Waals surface area contributed by atoms with Gasteiger partial charge in [0.2, 0.25) is 0 Å². The largest absolute Gasteiger partial charge is 0.380 e. The number of fused-ring (bicyclic) bond motifs is 1. The minimum absolute atomic E-state index is 0.229. The summed E-state index contributed by atoms with van der Waals surface area (Å²) in [5.74, 6) is 0. The van der Waals surface area contributed by atoms with Gasteiger partial charge >= 0.3 is 0 Å². The number of nitrogens with zero attached hydrogens (tertiary/aromatic N) is 4. The first-order valence-electron chi connectivity index (χ1n) is 10.1. The zero-order valence-corrected chi connectivity index (χ0v) is 18.5. The van der Waals surface area contributed by atoms with E-state index in [2.05, 4.69) is 14.8 Å². The number of ether oxygens (including phenoxy) is 1. The van der Waals surface area contributed by atoms with Crippen LogP contribution in [-0.4, -0.2) is 69.2 Å². The van der Waals surface area contributed by atoms with E-state index in [9.17, 15) is 8.42 Å². The lowest BCUT2D eigenvalue weighted by Crippen LogP contribution is -2.22. The van der Waals surface area contributed by atoms with Crippen molar-refractivity contribution in [3.05, 3.63) is 54.4 Å². The van der Waals surface area contributed by atoms with E-state index in [0.717, 1.165) is 49.2 Å². The van der Waals surface area contributed by atoms with Gasteiger partial charge in [-0.15, -0.1) is 0 Å². The normalized spacial score (nSPS) is 17.3. The Bertz CT molecular complexity index is 1120. The monoisotopic (exact) mass is 428 g/mol. The molecule has 3 aromatic rings. The fourth-order valence-corrected chi connectivity index (χ4v) is 5.30. The molecule has 0 amide bonds. The van der Waals surface area contributed by atoms with Crippen molar-refractivity contribution in [2.75, 3.05) is 45.7 Å². The van der Waals surface area contributed by atoms with E-state index in [0.29, 0.717) is 5.52 Å². The van der Waals surface area contributed by atoms with Crippen LogP contribution < -0.4 is 4.90 Å². The van der Waals surface area contributed by atoms with Gasteiger partial charge in [-0.1, -0.05) is 0 Å². The summed E-state index contributed by atoms with van der Waals surface area (Å²) in [5.41, 5.74) is 3.29. The first-order valence-corrected chi connectivity index (χ1v) is 11.6. The Morgan fingerprint density at radius 1 is 1.20 bits per heavy atom. The predicted octanol–water partition coefficient (Wildman–Crippen LogP) is 2.60. The molecule has 0 saturated carbocycles. The molecule has 8 heteroatoms. The number of methoxy groups -OCH3 is 1. The van der Waals surface area contributed by atoms with Crippen molar-refractivity contribution in [1.29, 1.82) is 0 Å². The van der Waals surface area contributed by atoms with Crippen LogP contribution in [0.15, 0.2) is 53.7 Å². The minimum atomic E-state index is -3.72. The Balaban J connectivity index is 1.66. The SMILES string of the molecule is COC1CCN(c2ccc(S(=O)(=O)n3cc(CCN(C)C)c4ncccc43)cc2)C1. The Kier molecular flexibility index (Phi) is 5.81. The number of benzene rings is 1. The van der Waals surface area contributed by atoms with Crippen molar-refractivity contribution in [1.82, 2.24) is 13.9 Å². The Morgan fingerprint density at radius 3 is 2.63 bits per heavy atom. The molecule has 1 aliphatic rings. The van der Waals surface area contributed by atoms with Crippen LogP contribution in [0.1, 0.15) is 12.0 Å². The van der Waals surface area contributed by atoms with Gasteiger partial charge < -0.3 is 14.5 Å². The number of hydrogen-bond donors (Lipinski definition) is 0. The van der Waals surface area contributed by atoms with Crippen LogP contribution in [-0.2, 0) is 21.2 Å². The molecule has 1 saturated heterocycles. The lowest BCUT2D eigenvalue weighted by atomic mass is 10.2. The second-order valence-corrected chi connectivity index (χ2v) is 9.78. The van der Waals surface area contributed by atoms with Gasteiger partial charge in [0, 0.05) is 44.8 Å². The fraction of sp³-hybridized carbons (Fsp3) is 0.409. The summed E-state index contributed by atoms with van der Waals surface area (Å²) in [6, 6.07) is 10.7. The van der Waals surface area contributed by atoms with Gasteiger partial charge in [0.15, 0.2) is 0 Å². The first-order chi connectivity index (χ1) is 14.4. The van der Waals surface area contributed by atoms with E-state index in [1.165, 1.54) is 3.97 Å². The topological polar surface area (TPSA) is 67.7 Å². The maximum absolute atomic E-state index is 13.4. The minimum Gasteiger partial charge on any atom is -0.380 e. The zero-order valence-electron chi connectivity index (χ0n) is 17.7. The van der Waals surface area contributed by atoms with Crippen molar-refractivity contribution < 1.29 is 13.2 Å². The molecule has 7 nitrogen and oxygen atoms in total. The highest BCUT2D eigenvalue weighted by Gasteiger charge is 2.24. The molecule has 1 aliphatic heterocycles. The molecule has 0 radical (unpaired) electrons. The summed E-state index contributed by atoms with van der Waals surface area (Å²) >= 11 is 0. The van der Waals surface area contributed by atoms with E-state index in [-0.39, 0.29) is 11.0 Å². The lowest BCUT2D eigenvalue weighted by molar-refractivity contribution is 0.121. The average molecular weight is 429 g/mol. The van der Waals surface area contributed by atoms with Crippen LogP contribution in [0, 0.1) is 0 Å². The van der Waals surface area contributed by atoms with Gasteiger partial charge in [-0.05, 0) is 68.9 Å². The van der Waals surface area contributed by atoms with Crippen molar-refractivity contribution in [3.8, 4) is 0 Å². The smallest absolute Gasteiger partial charge is 0.268 e. The second-order valence-electron chi connectivity index (χ2n) is 7.97. The molecule has 30 heavy (non-hydrogen) atoms. The molecule has 0 aliphatic carbocycles. The van der Waals surface area contributed by atoms with Crippen molar-refractivity contribution in [2.24, 2.45) is 0 Å². The van der Waals surface area contributed by atoms with Crippen LogP contribution in [0.2, 0.25) is 0 Å². The second kappa shape index (κ2) is 8.37. The van der Waals surface area contributed by atoms with Gasteiger partial charge in [0.1, 0.15) is 0 Å². The Morgan fingerprint density at radius 2 is 1.97 bits per heavy atom. The van der Waals surface area contributed by atoms with Crippen molar-refractivity contribution in [2.45, 2.75) is 23.8 Å². The van der Waals surface area contributed by atoms with Crippen LogP contribution in [0.5, 0.6) is 0 Å². The third-order valence-electron chi connectivity index (χ3n) is 5.67. The standard InChI is InChI=1S/C22H28N4O3S/c1-24(2)13-10-17-15-26(21-5-4-12-23-22(17)21)30(27,28)20-8-6-18(7-9-20)25-14-11-19(16-25)29-3/h4-9,12,15,19H,10-11,13-14,16H2,1-3H3. The van der Waals surface area contributed by atoms with Crippen LogP contribution in [0.3, 0.4) is 0 Å². The number of hydrogen-bond acceptors (Lipinski definition) is 6. The highest BCUT2D eigenvalue weighted by atomic mass is 32.2. The zero-order chi connectivity index (χ0) is 21.3. The van der Waals surface area contributed by atoms with E-state index < -0.39 is 10.0 Å². The summed E-state index contributed by atoms with van der Waals surface area (Å²) in [4.78, 5) is 9.01. The highest BCUT2D eigenvalue weighted by Crippen LogP contribution is 2.27. The van der Waals surface area contributed by atoms with Crippen LogP contribution in [0.4, 0.5) is 5.69 Å². The van der Waals surface area contributed by atoms with Gasteiger partial charge in [-0.3, -0.25) is 4.98 Å². The molecule has 2 aromatic heterocycles. The first kappa shape index (κ1) is 20.8. The summed E-state index contributed by atoms with van der Waals surface area (Å²) in [6.45, 7) is 2.56. The van der Waals surface area contributed by atoms with Crippen LogP contribution in [0.25, 0.3) is 11.0 Å². The van der Waals surface area contributed by atoms with Crippen LogP contribution >= 0.6 is 0 Å². The maximum Gasteiger partial charge on any atom is 0.268 e. The molecule has 1 unspecified atom stereocenters. The highest BCUT2D eigenvalue weighted by molar-refractivity contribution is 7.90. The predicted molar refractivity (Wildman–Crippen MR) is 119 cm³/mol. The fourth-order valence-electron chi connectivity index (χ4n) is 3.92. The maximum atomic E-state index is 13.4. The van der Waals surface area contributed by atoms with Gasteiger partial charge in [0.25, 0.3) is 10.0 Å². The summed E-state index contributed by atoms with van der Waals surface area (Å²) in [7, 11) is 2.01.